The Kier molecular flexibility index (Phi) is 4.21. The van der Waals surface area contributed by atoms with Gasteiger partial charge in [0.25, 0.3) is 0 Å². The number of hydrogen-bond acceptors (Lipinski definition) is 3. The van der Waals surface area contributed by atoms with E-state index in [2.05, 4.69) is 10.0 Å². The molecule has 0 aliphatic carbocycles. The van der Waals surface area contributed by atoms with Gasteiger partial charge in [0.15, 0.2) is 0 Å². The first-order valence-corrected chi connectivity index (χ1v) is 7.53. The monoisotopic (exact) mass is 292 g/mol. The van der Waals surface area contributed by atoms with Crippen LogP contribution in [0.2, 0.25) is 5.02 Å². The third-order valence-corrected chi connectivity index (χ3v) is 4.77. The van der Waals surface area contributed by atoms with Crippen LogP contribution in [0.25, 0.3) is 0 Å². The van der Waals surface area contributed by atoms with Crippen molar-refractivity contribution in [1.82, 2.24) is 10.0 Å². The van der Waals surface area contributed by atoms with E-state index in [1.807, 2.05) is 0 Å². The van der Waals surface area contributed by atoms with E-state index in [0.717, 1.165) is 31.5 Å². The third kappa shape index (κ3) is 3.20. The van der Waals surface area contributed by atoms with Crippen LogP contribution in [-0.4, -0.2) is 27.5 Å². The van der Waals surface area contributed by atoms with Crippen molar-refractivity contribution in [2.24, 2.45) is 0 Å². The van der Waals surface area contributed by atoms with Crippen LogP contribution in [-0.2, 0) is 10.0 Å². The highest BCUT2D eigenvalue weighted by Gasteiger charge is 2.21. The van der Waals surface area contributed by atoms with E-state index in [9.17, 15) is 12.8 Å². The summed E-state index contributed by atoms with van der Waals surface area (Å²) in [5.41, 5.74) is 0. The van der Waals surface area contributed by atoms with Crippen LogP contribution in [0.15, 0.2) is 23.1 Å². The fourth-order valence-corrected chi connectivity index (χ4v) is 3.52. The van der Waals surface area contributed by atoms with Crippen LogP contribution in [0.3, 0.4) is 0 Å². The highest BCUT2D eigenvalue weighted by molar-refractivity contribution is 7.89. The molecule has 100 valence electrons. The maximum atomic E-state index is 12.9. The summed E-state index contributed by atoms with van der Waals surface area (Å²) in [4.78, 5) is -0.0939. The van der Waals surface area contributed by atoms with Crippen molar-refractivity contribution >= 4 is 21.6 Å². The Morgan fingerprint density at radius 1 is 1.50 bits per heavy atom. The largest absolute Gasteiger partial charge is 0.313 e. The van der Waals surface area contributed by atoms with Gasteiger partial charge in [-0.25, -0.2) is 17.5 Å². The van der Waals surface area contributed by atoms with Crippen LogP contribution in [0, 0.1) is 5.82 Å². The molecule has 0 unspecified atom stereocenters. The maximum absolute atomic E-state index is 12.9. The number of nitrogens with one attached hydrogen (secondary N) is 2. The van der Waals surface area contributed by atoms with Gasteiger partial charge in [0.2, 0.25) is 10.0 Å². The molecule has 0 spiro atoms. The van der Waals surface area contributed by atoms with Crippen LogP contribution in [0.4, 0.5) is 4.39 Å². The van der Waals surface area contributed by atoms with Crippen molar-refractivity contribution in [3.05, 3.63) is 29.0 Å². The van der Waals surface area contributed by atoms with Gasteiger partial charge in [0.1, 0.15) is 10.7 Å². The molecule has 0 aromatic heterocycles. The summed E-state index contributed by atoms with van der Waals surface area (Å²) in [5, 5.41) is 3.08. The second-order valence-electron chi connectivity index (χ2n) is 4.22. The normalized spacial score (nSPS) is 20.2. The minimum Gasteiger partial charge on any atom is -0.313 e. The zero-order chi connectivity index (χ0) is 13.2. The molecule has 1 heterocycles. The summed E-state index contributed by atoms with van der Waals surface area (Å²) in [6.45, 7) is 1.22. The lowest BCUT2D eigenvalue weighted by molar-refractivity contribution is 0.551. The van der Waals surface area contributed by atoms with Gasteiger partial charge in [0, 0.05) is 12.6 Å². The first kappa shape index (κ1) is 13.7. The molecule has 18 heavy (non-hydrogen) atoms. The van der Waals surface area contributed by atoms with E-state index in [1.165, 1.54) is 6.07 Å². The molecule has 1 saturated heterocycles. The Labute approximate surface area is 111 Å². The molecule has 2 N–H and O–H groups in total. The van der Waals surface area contributed by atoms with Crippen molar-refractivity contribution in [2.75, 3.05) is 13.1 Å². The summed E-state index contributed by atoms with van der Waals surface area (Å²) in [6.07, 6.45) is 1.99. The molecule has 0 saturated carbocycles. The Morgan fingerprint density at radius 3 is 2.89 bits per heavy atom. The number of benzene rings is 1. The topological polar surface area (TPSA) is 58.2 Å². The fourth-order valence-electron chi connectivity index (χ4n) is 1.91. The van der Waals surface area contributed by atoms with Crippen LogP contribution in [0.1, 0.15) is 12.8 Å². The highest BCUT2D eigenvalue weighted by Crippen LogP contribution is 2.22. The van der Waals surface area contributed by atoms with Crippen molar-refractivity contribution in [2.45, 2.75) is 23.8 Å². The summed E-state index contributed by atoms with van der Waals surface area (Å²) >= 11 is 5.73. The molecule has 1 aliphatic heterocycles. The first-order chi connectivity index (χ1) is 8.49. The van der Waals surface area contributed by atoms with Gasteiger partial charge in [-0.05, 0) is 37.6 Å². The van der Waals surface area contributed by atoms with Crippen molar-refractivity contribution in [3.8, 4) is 0 Å². The van der Waals surface area contributed by atoms with Gasteiger partial charge in [-0.3, -0.25) is 0 Å². The predicted octanol–water partition coefficient (Wildman–Crippen LogP) is 1.51. The molecule has 1 aliphatic rings. The molecule has 2 rings (SSSR count). The average molecular weight is 293 g/mol. The Bertz CT molecular complexity index is 530. The quantitative estimate of drug-likeness (QED) is 0.884. The van der Waals surface area contributed by atoms with Crippen LogP contribution in [0.5, 0.6) is 0 Å². The smallest absolute Gasteiger partial charge is 0.242 e. The summed E-state index contributed by atoms with van der Waals surface area (Å²) < 4.78 is 39.3. The zero-order valence-electron chi connectivity index (χ0n) is 9.62. The third-order valence-electron chi connectivity index (χ3n) is 2.87. The molecule has 4 nitrogen and oxygen atoms in total. The number of halogens is 2. The second-order valence-corrected chi connectivity index (χ2v) is 6.36. The molecule has 1 aromatic rings. The fraction of sp³-hybridized carbons (Fsp3) is 0.455. The van der Waals surface area contributed by atoms with Gasteiger partial charge < -0.3 is 5.32 Å². The first-order valence-electron chi connectivity index (χ1n) is 5.67. The number of sulfonamides is 1. The molecule has 1 aromatic carbocycles. The Morgan fingerprint density at radius 2 is 2.28 bits per heavy atom. The maximum Gasteiger partial charge on any atom is 0.242 e. The number of hydrogen-bond donors (Lipinski definition) is 2. The lowest BCUT2D eigenvalue weighted by Crippen LogP contribution is -2.37. The summed E-state index contributed by atoms with van der Waals surface area (Å²) in [6, 6.07) is 3.39. The van der Waals surface area contributed by atoms with E-state index >= 15 is 0 Å². The SMILES string of the molecule is O=S(=O)(NC[C@@H]1CCCN1)c1ccc(F)cc1Cl. The highest BCUT2D eigenvalue weighted by atomic mass is 35.5. The van der Waals surface area contributed by atoms with Gasteiger partial charge in [-0.15, -0.1) is 0 Å². The second kappa shape index (κ2) is 5.52. The summed E-state index contributed by atoms with van der Waals surface area (Å²) in [7, 11) is -3.68. The zero-order valence-corrected chi connectivity index (χ0v) is 11.2. The molecular weight excluding hydrogens is 279 g/mol. The molecule has 7 heteroatoms. The molecule has 0 amide bonds. The average Bonchev–Trinajstić information content (AvgIpc) is 2.78. The van der Waals surface area contributed by atoms with Crippen molar-refractivity contribution < 1.29 is 12.8 Å². The van der Waals surface area contributed by atoms with E-state index in [4.69, 9.17) is 11.6 Å². The van der Waals surface area contributed by atoms with E-state index < -0.39 is 15.8 Å². The minimum absolute atomic E-state index is 0.0939. The van der Waals surface area contributed by atoms with Gasteiger partial charge >= 0.3 is 0 Å². The lowest BCUT2D eigenvalue weighted by Gasteiger charge is -2.12. The standard InChI is InChI=1S/C11H14ClFN2O2S/c12-10-6-8(13)3-4-11(10)18(16,17)15-7-9-2-1-5-14-9/h3-4,6,9,14-15H,1-2,5,7H2/t9-/m0/s1. The van der Waals surface area contributed by atoms with E-state index in [1.54, 1.807) is 0 Å². The van der Waals surface area contributed by atoms with Crippen molar-refractivity contribution in [3.63, 3.8) is 0 Å². The van der Waals surface area contributed by atoms with Crippen LogP contribution >= 0.6 is 11.6 Å². The molecule has 1 fully saturated rings. The number of rotatable bonds is 4. The van der Waals surface area contributed by atoms with Crippen LogP contribution < -0.4 is 10.0 Å². The van der Waals surface area contributed by atoms with Crippen molar-refractivity contribution in [1.29, 1.82) is 0 Å². The predicted molar refractivity (Wildman–Crippen MR) is 67.6 cm³/mol. The molecule has 0 bridgehead atoms. The minimum atomic E-state index is -3.68. The van der Waals surface area contributed by atoms with Gasteiger partial charge in [-0.2, -0.15) is 0 Å². The van der Waals surface area contributed by atoms with Gasteiger partial charge in [0.05, 0.1) is 5.02 Å². The molecule has 1 atom stereocenters. The van der Waals surface area contributed by atoms with E-state index in [0.29, 0.717) is 6.54 Å². The summed E-state index contributed by atoms with van der Waals surface area (Å²) in [5.74, 6) is -0.559. The Balaban J connectivity index is 2.09. The molecule has 0 radical (unpaired) electrons. The van der Waals surface area contributed by atoms with E-state index in [-0.39, 0.29) is 16.0 Å². The Hall–Kier alpha value is -0.690. The van der Waals surface area contributed by atoms with Gasteiger partial charge in [-0.1, -0.05) is 11.6 Å². The molecular formula is C11H14ClFN2O2S. The lowest BCUT2D eigenvalue weighted by atomic mass is 10.2.